The number of hydrogen-bond acceptors (Lipinski definition) is 6. The molecule has 0 fully saturated rings. The molecule has 0 radical (unpaired) electrons. The predicted octanol–water partition coefficient (Wildman–Crippen LogP) is 4.44. The van der Waals surface area contributed by atoms with E-state index in [0.29, 0.717) is 38.9 Å². The summed E-state index contributed by atoms with van der Waals surface area (Å²) in [5.74, 6) is 1.03. The molecule has 0 bridgehead atoms. The second-order valence-corrected chi connectivity index (χ2v) is 8.24. The van der Waals surface area contributed by atoms with Crippen molar-refractivity contribution in [1.29, 1.82) is 0 Å². The van der Waals surface area contributed by atoms with Gasteiger partial charge in [0.2, 0.25) is 5.91 Å². The Bertz CT molecular complexity index is 1380. The number of aryl methyl sites for hydroxylation is 1. The Balaban J connectivity index is 1.68. The van der Waals surface area contributed by atoms with Gasteiger partial charge in [-0.3, -0.25) is 14.2 Å². The van der Waals surface area contributed by atoms with Gasteiger partial charge < -0.3 is 14.8 Å². The van der Waals surface area contributed by atoms with Crippen LogP contribution in [0, 0.1) is 6.92 Å². The first-order valence-corrected chi connectivity index (χ1v) is 11.2. The van der Waals surface area contributed by atoms with Crippen molar-refractivity contribution >= 4 is 34.3 Å². The minimum atomic E-state index is -0.233. The second-order valence-electron chi connectivity index (χ2n) is 7.29. The maximum Gasteiger partial charge on any atom is 0.266 e. The topological polar surface area (TPSA) is 82.4 Å². The van der Waals surface area contributed by atoms with Gasteiger partial charge in [0.25, 0.3) is 5.56 Å². The summed E-state index contributed by atoms with van der Waals surface area (Å²) in [7, 11) is 3.13. The number of amides is 1. The summed E-state index contributed by atoms with van der Waals surface area (Å²) >= 11 is 1.19. The molecule has 1 heterocycles. The van der Waals surface area contributed by atoms with E-state index in [2.05, 4.69) is 10.3 Å². The van der Waals surface area contributed by atoms with E-state index in [9.17, 15) is 9.59 Å². The average molecular weight is 462 g/mol. The number of thioether (sulfide) groups is 1. The molecular formula is C25H23N3O4S. The van der Waals surface area contributed by atoms with Gasteiger partial charge in [-0.05, 0) is 48.9 Å². The van der Waals surface area contributed by atoms with E-state index in [1.807, 2.05) is 37.3 Å². The highest BCUT2D eigenvalue weighted by atomic mass is 32.2. The molecule has 8 heteroatoms. The Morgan fingerprint density at radius 2 is 1.85 bits per heavy atom. The third-order valence-electron chi connectivity index (χ3n) is 5.02. The molecule has 0 atom stereocenters. The highest BCUT2D eigenvalue weighted by molar-refractivity contribution is 7.99. The van der Waals surface area contributed by atoms with Gasteiger partial charge in [0, 0.05) is 6.07 Å². The summed E-state index contributed by atoms with van der Waals surface area (Å²) < 4.78 is 12.2. The molecule has 33 heavy (non-hydrogen) atoms. The Morgan fingerprint density at radius 1 is 1.03 bits per heavy atom. The number of methoxy groups -OCH3 is 2. The number of ether oxygens (including phenoxy) is 2. The molecule has 4 rings (SSSR count). The van der Waals surface area contributed by atoms with E-state index in [1.165, 1.54) is 16.3 Å². The summed E-state index contributed by atoms with van der Waals surface area (Å²) in [6, 6.07) is 19.9. The van der Waals surface area contributed by atoms with Gasteiger partial charge in [0.15, 0.2) is 5.16 Å². The van der Waals surface area contributed by atoms with Gasteiger partial charge in [-0.2, -0.15) is 0 Å². The van der Waals surface area contributed by atoms with Crippen molar-refractivity contribution in [1.82, 2.24) is 9.55 Å². The van der Waals surface area contributed by atoms with Crippen molar-refractivity contribution in [3.8, 4) is 17.2 Å². The molecule has 168 valence electrons. The molecule has 1 N–H and O–H groups in total. The smallest absolute Gasteiger partial charge is 0.266 e. The first-order chi connectivity index (χ1) is 16.0. The molecule has 4 aromatic rings. The molecule has 1 aromatic heterocycles. The van der Waals surface area contributed by atoms with E-state index in [-0.39, 0.29) is 17.2 Å². The van der Waals surface area contributed by atoms with Crippen LogP contribution < -0.4 is 20.3 Å². The number of carbonyl (C=O) groups is 1. The number of carbonyl (C=O) groups excluding carboxylic acids is 1. The molecule has 0 aliphatic heterocycles. The Hall–Kier alpha value is -3.78. The lowest BCUT2D eigenvalue weighted by molar-refractivity contribution is -0.113. The van der Waals surface area contributed by atoms with Crippen LogP contribution in [-0.2, 0) is 4.79 Å². The van der Waals surface area contributed by atoms with Gasteiger partial charge >= 0.3 is 0 Å². The minimum absolute atomic E-state index is 0.0614. The lowest BCUT2D eigenvalue weighted by Crippen LogP contribution is -2.23. The number of anilines is 1. The summed E-state index contributed by atoms with van der Waals surface area (Å²) in [6.07, 6.45) is 0. The standard InChI is InChI=1S/C25H23N3O4S/c1-16-11-12-22(32-3)21(13-16)26-23(29)15-33-25-27-20-10-5-4-9-19(20)24(30)28(25)17-7-6-8-18(14-17)31-2/h4-14H,15H2,1-3H3,(H,26,29). The van der Waals surface area contributed by atoms with Crippen molar-refractivity contribution < 1.29 is 14.3 Å². The summed E-state index contributed by atoms with van der Waals surface area (Å²) in [4.78, 5) is 30.8. The molecule has 3 aromatic carbocycles. The fourth-order valence-corrected chi connectivity index (χ4v) is 4.24. The average Bonchev–Trinajstić information content (AvgIpc) is 2.83. The zero-order valence-electron chi connectivity index (χ0n) is 18.5. The van der Waals surface area contributed by atoms with Crippen LogP contribution in [0.15, 0.2) is 76.7 Å². The fraction of sp³-hybridized carbons (Fsp3) is 0.160. The van der Waals surface area contributed by atoms with E-state index < -0.39 is 0 Å². The molecule has 0 spiro atoms. The molecule has 0 unspecified atom stereocenters. The van der Waals surface area contributed by atoms with Crippen molar-refractivity contribution in [3.05, 3.63) is 82.6 Å². The highest BCUT2D eigenvalue weighted by Crippen LogP contribution is 2.27. The van der Waals surface area contributed by atoms with Gasteiger partial charge in [-0.15, -0.1) is 0 Å². The quantitative estimate of drug-likeness (QED) is 0.324. The van der Waals surface area contributed by atoms with Gasteiger partial charge in [0.05, 0.1) is 42.3 Å². The Labute approximate surface area is 195 Å². The number of nitrogens with zero attached hydrogens (tertiary/aromatic N) is 2. The number of hydrogen-bond donors (Lipinski definition) is 1. The van der Waals surface area contributed by atoms with Crippen molar-refractivity contribution in [2.24, 2.45) is 0 Å². The predicted molar refractivity (Wildman–Crippen MR) is 131 cm³/mol. The number of nitrogens with one attached hydrogen (secondary N) is 1. The van der Waals surface area contributed by atoms with Gasteiger partial charge in [0.1, 0.15) is 11.5 Å². The monoisotopic (exact) mass is 461 g/mol. The fourth-order valence-electron chi connectivity index (χ4n) is 3.42. The maximum atomic E-state index is 13.4. The first kappa shape index (κ1) is 22.4. The summed E-state index contributed by atoms with van der Waals surface area (Å²) in [5.41, 5.74) is 2.57. The number of benzene rings is 3. The molecule has 0 aliphatic rings. The molecule has 7 nitrogen and oxygen atoms in total. The molecule has 1 amide bonds. The third-order valence-corrected chi connectivity index (χ3v) is 5.96. The van der Waals surface area contributed by atoms with Crippen LogP contribution >= 0.6 is 11.8 Å². The normalized spacial score (nSPS) is 10.8. The number of aromatic nitrogens is 2. The number of fused-ring (bicyclic) bond motifs is 1. The van der Waals surface area contributed by atoms with Crippen LogP contribution in [0.2, 0.25) is 0 Å². The lowest BCUT2D eigenvalue weighted by atomic mass is 10.2. The molecule has 0 saturated carbocycles. The van der Waals surface area contributed by atoms with Crippen LogP contribution in [0.3, 0.4) is 0 Å². The van der Waals surface area contributed by atoms with E-state index in [1.54, 1.807) is 50.6 Å². The zero-order valence-corrected chi connectivity index (χ0v) is 19.3. The van der Waals surface area contributed by atoms with Crippen molar-refractivity contribution in [3.63, 3.8) is 0 Å². The number of rotatable bonds is 7. The van der Waals surface area contributed by atoms with Crippen LogP contribution in [-0.4, -0.2) is 35.4 Å². The van der Waals surface area contributed by atoms with Crippen LogP contribution in [0.5, 0.6) is 11.5 Å². The molecule has 0 saturated heterocycles. The lowest BCUT2D eigenvalue weighted by Gasteiger charge is -2.14. The van der Waals surface area contributed by atoms with Gasteiger partial charge in [-0.1, -0.05) is 36.0 Å². The van der Waals surface area contributed by atoms with E-state index in [4.69, 9.17) is 9.47 Å². The SMILES string of the molecule is COc1cccc(-n2c(SCC(=O)Nc3cc(C)ccc3OC)nc3ccccc3c2=O)c1. The zero-order chi connectivity index (χ0) is 23.4. The number of para-hydroxylation sites is 1. The van der Waals surface area contributed by atoms with Crippen LogP contribution in [0.25, 0.3) is 16.6 Å². The summed E-state index contributed by atoms with van der Waals surface area (Å²) in [6.45, 7) is 1.94. The van der Waals surface area contributed by atoms with E-state index >= 15 is 0 Å². The van der Waals surface area contributed by atoms with Crippen molar-refractivity contribution in [2.45, 2.75) is 12.1 Å². The molecule has 0 aliphatic carbocycles. The first-order valence-electron chi connectivity index (χ1n) is 10.2. The van der Waals surface area contributed by atoms with Crippen molar-refractivity contribution in [2.75, 3.05) is 25.3 Å². The van der Waals surface area contributed by atoms with Crippen LogP contribution in [0.4, 0.5) is 5.69 Å². The Kier molecular flexibility index (Phi) is 6.65. The summed E-state index contributed by atoms with van der Waals surface area (Å²) in [5, 5.41) is 3.80. The van der Waals surface area contributed by atoms with Crippen LogP contribution in [0.1, 0.15) is 5.56 Å². The van der Waals surface area contributed by atoms with E-state index in [0.717, 1.165) is 5.56 Å². The Morgan fingerprint density at radius 3 is 2.64 bits per heavy atom. The van der Waals surface area contributed by atoms with Gasteiger partial charge in [-0.25, -0.2) is 4.98 Å². The minimum Gasteiger partial charge on any atom is -0.497 e. The highest BCUT2D eigenvalue weighted by Gasteiger charge is 2.16. The maximum absolute atomic E-state index is 13.4. The third kappa shape index (κ3) is 4.85. The second kappa shape index (κ2) is 9.79. The molecular weight excluding hydrogens is 438 g/mol. The largest absolute Gasteiger partial charge is 0.497 e.